The maximum atomic E-state index is 11.1. The number of aryl methyl sites for hydroxylation is 1. The molecule has 4 aromatic rings. The highest BCUT2D eigenvalue weighted by Gasteiger charge is 2.30. The summed E-state index contributed by atoms with van der Waals surface area (Å²) >= 11 is 0. The number of nitrogen functional groups attached to an aromatic ring is 1. The zero-order chi connectivity index (χ0) is 19.2. The van der Waals surface area contributed by atoms with E-state index in [0.717, 1.165) is 16.6 Å². The zero-order valence-corrected chi connectivity index (χ0v) is 14.8. The van der Waals surface area contributed by atoms with Gasteiger partial charge in [-0.15, -0.1) is 0 Å². The minimum absolute atomic E-state index is 0.149. The van der Waals surface area contributed by atoms with Crippen molar-refractivity contribution in [3.05, 3.63) is 59.2 Å². The summed E-state index contributed by atoms with van der Waals surface area (Å²) in [7, 11) is 0. The van der Waals surface area contributed by atoms with Crippen LogP contribution in [0, 0.1) is 6.92 Å². The quantitative estimate of drug-likeness (QED) is 0.493. The molecule has 0 radical (unpaired) electrons. The van der Waals surface area contributed by atoms with E-state index in [0.29, 0.717) is 17.1 Å². The minimum atomic E-state index is -1.42. The number of nitrogens with zero attached hydrogens (tertiary/aromatic N) is 5. The normalized spacial score (nSPS) is 13.8. The van der Waals surface area contributed by atoms with Crippen LogP contribution in [0.25, 0.3) is 16.7 Å². The van der Waals surface area contributed by atoms with E-state index in [1.807, 2.05) is 25.1 Å². The van der Waals surface area contributed by atoms with Crippen LogP contribution in [0.4, 0.5) is 5.95 Å². The predicted octanol–water partition coefficient (Wildman–Crippen LogP) is 1.44. The molecule has 0 aliphatic heterocycles. The fourth-order valence-corrected chi connectivity index (χ4v) is 2.99. The Hall–Kier alpha value is -3.30. The molecular weight excluding hydrogens is 348 g/mol. The van der Waals surface area contributed by atoms with E-state index in [1.54, 1.807) is 23.9 Å². The Labute approximate surface area is 154 Å². The highest BCUT2D eigenvalue weighted by molar-refractivity contribution is 5.84. The minimum Gasteiger partial charge on any atom is -0.388 e. The van der Waals surface area contributed by atoms with Crippen molar-refractivity contribution in [3.8, 4) is 5.82 Å². The Morgan fingerprint density at radius 2 is 2.07 bits per heavy atom. The molecule has 0 fully saturated rings. The summed E-state index contributed by atoms with van der Waals surface area (Å²) in [5.41, 5.74) is 6.75. The van der Waals surface area contributed by atoms with E-state index >= 15 is 0 Å². The van der Waals surface area contributed by atoms with Crippen LogP contribution in [0.15, 0.2) is 41.1 Å². The molecule has 0 spiro atoms. The van der Waals surface area contributed by atoms with Crippen molar-refractivity contribution in [1.29, 1.82) is 0 Å². The van der Waals surface area contributed by atoms with Gasteiger partial charge in [-0.2, -0.15) is 10.1 Å². The largest absolute Gasteiger partial charge is 0.388 e. The van der Waals surface area contributed by atoms with Crippen LogP contribution in [0.5, 0.6) is 0 Å². The first-order chi connectivity index (χ1) is 12.9. The molecule has 0 aliphatic carbocycles. The maximum absolute atomic E-state index is 11.1. The van der Waals surface area contributed by atoms with Crippen LogP contribution in [0.3, 0.4) is 0 Å². The molecule has 9 nitrogen and oxygen atoms in total. The highest BCUT2D eigenvalue weighted by atomic mass is 16.5. The number of fused-ring (bicyclic) bond motifs is 1. The summed E-state index contributed by atoms with van der Waals surface area (Å²) in [4.78, 5) is 8.13. The highest BCUT2D eigenvalue weighted by Crippen LogP contribution is 2.32. The lowest BCUT2D eigenvalue weighted by Gasteiger charge is -2.21. The fourth-order valence-electron chi connectivity index (χ4n) is 2.99. The van der Waals surface area contributed by atoms with Crippen LogP contribution in [-0.2, 0) is 12.2 Å². The Morgan fingerprint density at radius 3 is 2.78 bits per heavy atom. The van der Waals surface area contributed by atoms with Crippen molar-refractivity contribution in [1.82, 2.24) is 24.9 Å². The second kappa shape index (κ2) is 6.15. The fraction of sp³-hybridized carbons (Fsp3) is 0.222. The van der Waals surface area contributed by atoms with Crippen molar-refractivity contribution >= 4 is 16.9 Å². The number of hydrogen-bond donors (Lipinski definition) is 3. The predicted molar refractivity (Wildman–Crippen MR) is 96.9 cm³/mol. The standard InChI is InChI=1S/C18H18N6O3/c1-10-13-4-3-11(18(2,26)15-8-12(9-25)27-23-15)7-14(13)24(22-10)16-5-6-20-17(19)21-16/h3-8,25-26H,9H2,1-2H3,(H2,19,20,21). The van der Waals surface area contributed by atoms with Crippen molar-refractivity contribution in [2.75, 3.05) is 5.73 Å². The molecule has 0 bridgehead atoms. The molecule has 1 unspecified atom stereocenters. The molecule has 1 atom stereocenters. The summed E-state index contributed by atoms with van der Waals surface area (Å²) in [6.45, 7) is 3.22. The average Bonchev–Trinajstić information content (AvgIpc) is 3.27. The monoisotopic (exact) mass is 366 g/mol. The van der Waals surface area contributed by atoms with Gasteiger partial charge < -0.3 is 20.5 Å². The number of rotatable bonds is 4. The second-order valence-electron chi connectivity index (χ2n) is 6.41. The Bertz CT molecular complexity index is 1130. The van der Waals surface area contributed by atoms with E-state index < -0.39 is 5.60 Å². The van der Waals surface area contributed by atoms with Crippen LogP contribution >= 0.6 is 0 Å². The van der Waals surface area contributed by atoms with Crippen molar-refractivity contribution in [2.24, 2.45) is 0 Å². The van der Waals surface area contributed by atoms with Crippen molar-refractivity contribution in [2.45, 2.75) is 26.1 Å². The maximum Gasteiger partial charge on any atom is 0.221 e. The van der Waals surface area contributed by atoms with Gasteiger partial charge in [0.25, 0.3) is 0 Å². The Morgan fingerprint density at radius 1 is 1.26 bits per heavy atom. The second-order valence-corrected chi connectivity index (χ2v) is 6.41. The van der Waals surface area contributed by atoms with E-state index in [4.69, 9.17) is 15.4 Å². The first-order valence-corrected chi connectivity index (χ1v) is 8.28. The number of aromatic nitrogens is 5. The topological polar surface area (TPSA) is 136 Å². The Balaban J connectivity index is 1.87. The summed E-state index contributed by atoms with van der Waals surface area (Å²) in [6, 6.07) is 8.75. The SMILES string of the molecule is Cc1nn(-c2ccnc(N)n2)c2cc(C(C)(O)c3cc(CO)on3)ccc12. The van der Waals surface area contributed by atoms with Gasteiger partial charge in [0.15, 0.2) is 11.6 Å². The van der Waals surface area contributed by atoms with Gasteiger partial charge in [-0.3, -0.25) is 0 Å². The molecule has 4 N–H and O–H groups in total. The van der Waals surface area contributed by atoms with E-state index in [-0.39, 0.29) is 18.3 Å². The van der Waals surface area contributed by atoms with Crippen LogP contribution in [0.2, 0.25) is 0 Å². The first-order valence-electron chi connectivity index (χ1n) is 8.28. The molecule has 1 aromatic carbocycles. The molecule has 4 rings (SSSR count). The molecule has 0 amide bonds. The summed E-state index contributed by atoms with van der Waals surface area (Å²) < 4.78 is 6.67. The number of aliphatic hydroxyl groups is 2. The molecule has 27 heavy (non-hydrogen) atoms. The van der Waals surface area contributed by atoms with Gasteiger partial charge in [-0.25, -0.2) is 9.67 Å². The smallest absolute Gasteiger partial charge is 0.221 e. The lowest BCUT2D eigenvalue weighted by Crippen LogP contribution is -2.23. The molecule has 3 aromatic heterocycles. The molecule has 0 saturated heterocycles. The van der Waals surface area contributed by atoms with Crippen molar-refractivity contribution in [3.63, 3.8) is 0 Å². The third kappa shape index (κ3) is 2.82. The van der Waals surface area contributed by atoms with Crippen LogP contribution < -0.4 is 5.73 Å². The number of benzene rings is 1. The molecule has 9 heteroatoms. The number of hydrogen-bond acceptors (Lipinski definition) is 8. The van der Waals surface area contributed by atoms with Gasteiger partial charge in [0, 0.05) is 23.7 Å². The summed E-state index contributed by atoms with van der Waals surface area (Å²) in [5.74, 6) is 0.959. The Kier molecular flexibility index (Phi) is 3.90. The lowest BCUT2D eigenvalue weighted by atomic mass is 9.91. The first kappa shape index (κ1) is 17.1. The van der Waals surface area contributed by atoms with Gasteiger partial charge in [0.2, 0.25) is 5.95 Å². The number of nitrogens with two attached hydrogens (primary N) is 1. The average molecular weight is 366 g/mol. The van der Waals surface area contributed by atoms with Crippen LogP contribution in [-0.4, -0.2) is 35.1 Å². The van der Waals surface area contributed by atoms with E-state index in [2.05, 4.69) is 20.2 Å². The van der Waals surface area contributed by atoms with Gasteiger partial charge in [-0.1, -0.05) is 17.3 Å². The van der Waals surface area contributed by atoms with Gasteiger partial charge >= 0.3 is 0 Å². The van der Waals surface area contributed by atoms with E-state index in [1.165, 1.54) is 6.07 Å². The molecular formula is C18H18N6O3. The third-order valence-corrected chi connectivity index (χ3v) is 4.52. The van der Waals surface area contributed by atoms with Gasteiger partial charge in [0.05, 0.1) is 11.2 Å². The lowest BCUT2D eigenvalue weighted by molar-refractivity contribution is 0.0929. The molecule has 0 aliphatic rings. The molecule has 0 saturated carbocycles. The van der Waals surface area contributed by atoms with E-state index in [9.17, 15) is 5.11 Å². The molecule has 3 heterocycles. The zero-order valence-electron chi connectivity index (χ0n) is 14.8. The van der Waals surface area contributed by atoms with Gasteiger partial charge in [0.1, 0.15) is 17.9 Å². The third-order valence-electron chi connectivity index (χ3n) is 4.52. The van der Waals surface area contributed by atoms with Gasteiger partial charge in [-0.05, 0) is 25.5 Å². The number of aliphatic hydroxyl groups excluding tert-OH is 1. The summed E-state index contributed by atoms with van der Waals surface area (Å²) in [6.07, 6.45) is 1.56. The van der Waals surface area contributed by atoms with Crippen molar-refractivity contribution < 1.29 is 14.7 Å². The number of anilines is 1. The molecule has 138 valence electrons. The van der Waals surface area contributed by atoms with Crippen LogP contribution in [0.1, 0.15) is 29.6 Å². The summed E-state index contributed by atoms with van der Waals surface area (Å²) in [5, 5.41) is 29.5.